The van der Waals surface area contributed by atoms with E-state index >= 15 is 0 Å². The smallest absolute Gasteiger partial charge is 0.231 e. The molecule has 2 N–H and O–H groups in total. The molecule has 1 aliphatic rings. The van der Waals surface area contributed by atoms with Crippen LogP contribution in [0.4, 0.5) is 5.69 Å². The summed E-state index contributed by atoms with van der Waals surface area (Å²) in [4.78, 5) is 28.8. The Kier molecular flexibility index (Phi) is 5.00. The highest BCUT2D eigenvalue weighted by Gasteiger charge is 2.27. The maximum absolute atomic E-state index is 12.6. The third-order valence-electron chi connectivity index (χ3n) is 4.92. The molecule has 6 nitrogen and oxygen atoms in total. The van der Waals surface area contributed by atoms with E-state index in [1.165, 1.54) is 17.3 Å². The number of thioether (sulfide) groups is 1. The van der Waals surface area contributed by atoms with E-state index in [1.54, 1.807) is 18.2 Å². The van der Waals surface area contributed by atoms with Gasteiger partial charge in [-0.3, -0.25) is 14.7 Å². The number of anilines is 1. The van der Waals surface area contributed by atoms with Crippen molar-refractivity contribution in [3.8, 4) is 11.4 Å². The Hall–Kier alpha value is -2.93. The second kappa shape index (κ2) is 7.59. The summed E-state index contributed by atoms with van der Waals surface area (Å²) in [5.74, 6) is 0.645. The number of rotatable bonds is 6. The number of nitrogens with one attached hydrogen (secondary N) is 2. The number of aryl methyl sites for hydroxylation is 1. The van der Waals surface area contributed by atoms with Crippen LogP contribution in [-0.4, -0.2) is 32.6 Å². The van der Waals surface area contributed by atoms with Crippen molar-refractivity contribution in [1.29, 1.82) is 0 Å². The van der Waals surface area contributed by atoms with Crippen molar-refractivity contribution >= 4 is 29.1 Å². The van der Waals surface area contributed by atoms with Crippen molar-refractivity contribution < 1.29 is 9.59 Å². The van der Waals surface area contributed by atoms with E-state index in [0.29, 0.717) is 16.5 Å². The Morgan fingerprint density at radius 1 is 1.18 bits per heavy atom. The molecule has 7 heteroatoms. The van der Waals surface area contributed by atoms with Gasteiger partial charge in [-0.15, -0.1) is 5.10 Å². The van der Waals surface area contributed by atoms with Gasteiger partial charge in [0, 0.05) is 16.8 Å². The first-order valence-electron chi connectivity index (χ1n) is 9.17. The van der Waals surface area contributed by atoms with Gasteiger partial charge in [0.2, 0.25) is 11.1 Å². The highest BCUT2D eigenvalue weighted by Crippen LogP contribution is 2.33. The Bertz CT molecular complexity index is 1040. The number of aromatic nitrogens is 3. The average molecular weight is 392 g/mol. The number of H-pyrrole nitrogens is 1. The zero-order valence-corrected chi connectivity index (χ0v) is 16.5. The summed E-state index contributed by atoms with van der Waals surface area (Å²) in [6, 6.07) is 13.5. The molecule has 2 heterocycles. The molecular weight excluding hydrogens is 372 g/mol. The third-order valence-corrected chi connectivity index (χ3v) is 5.77. The Morgan fingerprint density at radius 2 is 1.96 bits per heavy atom. The number of hydrogen-bond acceptors (Lipinski definition) is 5. The molecule has 2 aromatic carbocycles. The van der Waals surface area contributed by atoms with Crippen molar-refractivity contribution in [2.45, 2.75) is 31.3 Å². The van der Waals surface area contributed by atoms with E-state index in [9.17, 15) is 9.59 Å². The molecule has 0 saturated carbocycles. The van der Waals surface area contributed by atoms with Gasteiger partial charge in [0.05, 0.1) is 11.7 Å². The minimum Gasteiger partial charge on any atom is -0.325 e. The summed E-state index contributed by atoms with van der Waals surface area (Å²) >= 11 is 1.30. The topological polar surface area (TPSA) is 87.7 Å². The number of carbonyl (C=O) groups is 2. The van der Waals surface area contributed by atoms with Gasteiger partial charge in [0.1, 0.15) is 0 Å². The van der Waals surface area contributed by atoms with Crippen LogP contribution in [0.25, 0.3) is 11.4 Å². The Balaban J connectivity index is 1.42. The van der Waals surface area contributed by atoms with Crippen molar-refractivity contribution in [3.05, 3.63) is 59.2 Å². The predicted molar refractivity (Wildman–Crippen MR) is 110 cm³/mol. The van der Waals surface area contributed by atoms with E-state index in [-0.39, 0.29) is 23.4 Å². The fourth-order valence-electron chi connectivity index (χ4n) is 3.14. The van der Waals surface area contributed by atoms with E-state index in [0.717, 1.165) is 23.2 Å². The van der Waals surface area contributed by atoms with Gasteiger partial charge in [-0.25, -0.2) is 4.98 Å². The number of nitrogens with zero attached hydrogens (tertiary/aromatic N) is 2. The van der Waals surface area contributed by atoms with Gasteiger partial charge in [0.25, 0.3) is 0 Å². The molecule has 1 aromatic heterocycles. The molecule has 0 bridgehead atoms. The molecule has 3 aromatic rings. The molecule has 0 spiro atoms. The van der Waals surface area contributed by atoms with Crippen LogP contribution in [0, 0.1) is 0 Å². The molecule has 4 rings (SSSR count). The monoisotopic (exact) mass is 392 g/mol. The summed E-state index contributed by atoms with van der Waals surface area (Å²) in [5.41, 5.74) is 4.49. The zero-order valence-electron chi connectivity index (χ0n) is 15.7. The lowest BCUT2D eigenvalue weighted by Crippen LogP contribution is -2.08. The van der Waals surface area contributed by atoms with Crippen LogP contribution in [0.15, 0.2) is 47.6 Å². The van der Waals surface area contributed by atoms with Gasteiger partial charge in [0.15, 0.2) is 11.6 Å². The number of Topliss-reactive ketones (excluding diaryl/α,β-unsaturated/α-hetero) is 1. The minimum atomic E-state index is -0.231. The largest absolute Gasteiger partial charge is 0.325 e. The molecule has 0 unspecified atom stereocenters. The van der Waals surface area contributed by atoms with Gasteiger partial charge in [-0.05, 0) is 42.7 Å². The lowest BCUT2D eigenvalue weighted by Gasteiger charge is -2.04. The molecular formula is C21H20N4O2S. The van der Waals surface area contributed by atoms with Crippen molar-refractivity contribution in [2.75, 3.05) is 11.1 Å². The quantitative estimate of drug-likeness (QED) is 0.488. The lowest BCUT2D eigenvalue weighted by atomic mass is 9.99. The first-order chi connectivity index (χ1) is 13.5. The van der Waals surface area contributed by atoms with Crippen LogP contribution >= 0.6 is 11.8 Å². The highest BCUT2D eigenvalue weighted by molar-refractivity contribution is 7.99. The normalized spacial score (nSPS) is 15.4. The third kappa shape index (κ3) is 3.57. The standard InChI is InChI=1S/C21H20N4O2S/c1-3-13-4-6-14(7-5-13)19-23-21(25-24-19)28-11-18(26)15-8-9-17-16(10-15)12(2)20(27)22-17/h4-10,12H,3,11H2,1-2H3,(H,22,27)(H,23,24,25)/t12-/m0/s1. The van der Waals surface area contributed by atoms with Gasteiger partial charge < -0.3 is 5.32 Å². The van der Waals surface area contributed by atoms with E-state index in [1.807, 2.05) is 19.1 Å². The van der Waals surface area contributed by atoms with Crippen molar-refractivity contribution in [1.82, 2.24) is 15.2 Å². The zero-order chi connectivity index (χ0) is 19.7. The van der Waals surface area contributed by atoms with E-state index < -0.39 is 0 Å². The second-order valence-corrected chi connectivity index (χ2v) is 7.68. The Labute approximate surface area is 167 Å². The molecule has 142 valence electrons. The maximum Gasteiger partial charge on any atom is 0.231 e. The van der Waals surface area contributed by atoms with E-state index in [4.69, 9.17) is 0 Å². The first kappa shape index (κ1) is 18.4. The van der Waals surface area contributed by atoms with Crippen LogP contribution in [-0.2, 0) is 11.2 Å². The summed E-state index contributed by atoms with van der Waals surface area (Å²) in [5, 5.41) is 10.5. The summed E-state index contributed by atoms with van der Waals surface area (Å²) < 4.78 is 0. The maximum atomic E-state index is 12.6. The molecule has 1 aliphatic heterocycles. The number of amides is 1. The van der Waals surface area contributed by atoms with Crippen LogP contribution in [0.5, 0.6) is 0 Å². The van der Waals surface area contributed by atoms with Crippen LogP contribution in [0.3, 0.4) is 0 Å². The molecule has 0 radical (unpaired) electrons. The number of ketones is 1. The van der Waals surface area contributed by atoms with Crippen LogP contribution < -0.4 is 5.32 Å². The molecule has 1 amide bonds. The van der Waals surface area contributed by atoms with Crippen LogP contribution in [0.2, 0.25) is 0 Å². The van der Waals surface area contributed by atoms with Crippen molar-refractivity contribution in [2.24, 2.45) is 0 Å². The predicted octanol–water partition coefficient (Wildman–Crippen LogP) is 4.06. The SMILES string of the molecule is CCc1ccc(-c2nc(SCC(=O)c3ccc4c(c3)[C@H](C)C(=O)N4)n[nH]2)cc1. The molecule has 0 saturated heterocycles. The number of hydrogen-bond donors (Lipinski definition) is 2. The molecule has 1 atom stereocenters. The van der Waals surface area contributed by atoms with Crippen LogP contribution in [0.1, 0.15) is 41.3 Å². The summed E-state index contributed by atoms with van der Waals surface area (Å²) in [6.45, 7) is 3.96. The fraction of sp³-hybridized carbons (Fsp3) is 0.238. The average Bonchev–Trinajstić information content (AvgIpc) is 3.31. The van der Waals surface area contributed by atoms with Gasteiger partial charge >= 0.3 is 0 Å². The Morgan fingerprint density at radius 3 is 2.71 bits per heavy atom. The number of benzene rings is 2. The fourth-order valence-corrected chi connectivity index (χ4v) is 3.84. The summed E-state index contributed by atoms with van der Waals surface area (Å²) in [6.07, 6.45) is 0.992. The number of aromatic amines is 1. The number of carbonyl (C=O) groups excluding carboxylic acids is 2. The van der Waals surface area contributed by atoms with Gasteiger partial charge in [-0.2, -0.15) is 0 Å². The first-order valence-corrected chi connectivity index (χ1v) is 10.2. The lowest BCUT2D eigenvalue weighted by molar-refractivity contribution is -0.116. The molecule has 0 aliphatic carbocycles. The molecule has 28 heavy (non-hydrogen) atoms. The number of fused-ring (bicyclic) bond motifs is 1. The van der Waals surface area contributed by atoms with E-state index in [2.05, 4.69) is 39.6 Å². The minimum absolute atomic E-state index is 0.0157. The van der Waals surface area contributed by atoms with Gasteiger partial charge in [-0.1, -0.05) is 43.0 Å². The summed E-state index contributed by atoms with van der Waals surface area (Å²) in [7, 11) is 0. The molecule has 0 fully saturated rings. The van der Waals surface area contributed by atoms with Crippen molar-refractivity contribution in [3.63, 3.8) is 0 Å². The second-order valence-electron chi connectivity index (χ2n) is 6.74. The highest BCUT2D eigenvalue weighted by atomic mass is 32.2.